The van der Waals surface area contributed by atoms with Gasteiger partial charge in [0.15, 0.2) is 0 Å². The molecule has 0 spiro atoms. The van der Waals surface area contributed by atoms with E-state index >= 15 is 0 Å². The third-order valence-electron chi connectivity index (χ3n) is 3.53. The van der Waals surface area contributed by atoms with Crippen molar-refractivity contribution in [3.05, 3.63) is 22.4 Å². The molecule has 0 aliphatic carbocycles. The first-order valence-electron chi connectivity index (χ1n) is 6.73. The summed E-state index contributed by atoms with van der Waals surface area (Å²) in [7, 11) is 0. The standard InChI is InChI=1S/C14H22N2OS/c1-10-5-3-7-15-13(10)14(17)16-11(2)9-12-6-4-8-18-12/h4,6,8,10-11,13,15H,3,5,7,9H2,1-2H3,(H,16,17). The van der Waals surface area contributed by atoms with Crippen LogP contribution in [0.3, 0.4) is 0 Å². The summed E-state index contributed by atoms with van der Waals surface area (Å²) in [6.07, 6.45) is 3.24. The number of amides is 1. The van der Waals surface area contributed by atoms with Crippen LogP contribution in [-0.2, 0) is 11.2 Å². The largest absolute Gasteiger partial charge is 0.352 e. The molecular formula is C14H22N2OS. The quantitative estimate of drug-likeness (QED) is 0.877. The summed E-state index contributed by atoms with van der Waals surface area (Å²) in [5.74, 6) is 0.596. The molecule has 0 radical (unpaired) electrons. The van der Waals surface area contributed by atoms with Gasteiger partial charge in [-0.1, -0.05) is 13.0 Å². The molecule has 2 N–H and O–H groups in total. The van der Waals surface area contributed by atoms with Gasteiger partial charge in [-0.2, -0.15) is 0 Å². The van der Waals surface area contributed by atoms with Crippen molar-refractivity contribution in [1.82, 2.24) is 10.6 Å². The summed E-state index contributed by atoms with van der Waals surface area (Å²) in [4.78, 5) is 13.5. The molecule has 2 heterocycles. The molecule has 1 amide bonds. The maximum atomic E-state index is 12.2. The molecule has 1 saturated heterocycles. The lowest BCUT2D eigenvalue weighted by Crippen LogP contribution is -2.52. The van der Waals surface area contributed by atoms with Gasteiger partial charge in [-0.3, -0.25) is 4.79 Å². The number of hydrogen-bond acceptors (Lipinski definition) is 3. The van der Waals surface area contributed by atoms with Crippen LogP contribution in [0.1, 0.15) is 31.6 Å². The molecule has 2 rings (SSSR count). The van der Waals surface area contributed by atoms with Gasteiger partial charge in [-0.15, -0.1) is 11.3 Å². The van der Waals surface area contributed by atoms with E-state index in [0.717, 1.165) is 19.4 Å². The van der Waals surface area contributed by atoms with Crippen molar-refractivity contribution in [2.24, 2.45) is 5.92 Å². The molecular weight excluding hydrogens is 244 g/mol. The van der Waals surface area contributed by atoms with Crippen molar-refractivity contribution in [1.29, 1.82) is 0 Å². The first-order chi connectivity index (χ1) is 8.66. The topological polar surface area (TPSA) is 41.1 Å². The molecule has 100 valence electrons. The zero-order valence-corrected chi connectivity index (χ0v) is 11.9. The lowest BCUT2D eigenvalue weighted by Gasteiger charge is -2.30. The van der Waals surface area contributed by atoms with E-state index in [0.29, 0.717) is 5.92 Å². The highest BCUT2D eigenvalue weighted by Gasteiger charge is 2.27. The van der Waals surface area contributed by atoms with Crippen LogP contribution in [0.15, 0.2) is 17.5 Å². The average Bonchev–Trinajstić information content (AvgIpc) is 2.82. The average molecular weight is 266 g/mol. The van der Waals surface area contributed by atoms with Crippen molar-refractivity contribution < 1.29 is 4.79 Å². The zero-order valence-electron chi connectivity index (χ0n) is 11.1. The van der Waals surface area contributed by atoms with Crippen LogP contribution >= 0.6 is 11.3 Å². The molecule has 18 heavy (non-hydrogen) atoms. The summed E-state index contributed by atoms with van der Waals surface area (Å²) < 4.78 is 0. The summed E-state index contributed by atoms with van der Waals surface area (Å²) in [5.41, 5.74) is 0. The van der Waals surface area contributed by atoms with Crippen molar-refractivity contribution >= 4 is 17.2 Å². The Morgan fingerprint density at radius 3 is 3.17 bits per heavy atom. The second-order valence-corrected chi connectivity index (χ2v) is 6.28. The molecule has 0 aromatic carbocycles. The van der Waals surface area contributed by atoms with Gasteiger partial charge in [0.25, 0.3) is 0 Å². The highest BCUT2D eigenvalue weighted by atomic mass is 32.1. The van der Waals surface area contributed by atoms with Gasteiger partial charge < -0.3 is 10.6 Å². The Hall–Kier alpha value is -0.870. The highest BCUT2D eigenvalue weighted by molar-refractivity contribution is 7.09. The Morgan fingerprint density at radius 2 is 2.50 bits per heavy atom. The van der Waals surface area contributed by atoms with Crippen LogP contribution in [-0.4, -0.2) is 24.5 Å². The monoisotopic (exact) mass is 266 g/mol. The predicted molar refractivity (Wildman–Crippen MR) is 75.8 cm³/mol. The van der Waals surface area contributed by atoms with Crippen molar-refractivity contribution in [2.75, 3.05) is 6.54 Å². The minimum Gasteiger partial charge on any atom is -0.352 e. The van der Waals surface area contributed by atoms with Gasteiger partial charge in [-0.25, -0.2) is 0 Å². The molecule has 1 aliphatic heterocycles. The molecule has 1 fully saturated rings. The molecule has 3 nitrogen and oxygen atoms in total. The van der Waals surface area contributed by atoms with Gasteiger partial charge >= 0.3 is 0 Å². The van der Waals surface area contributed by atoms with E-state index in [4.69, 9.17) is 0 Å². The minimum absolute atomic E-state index is 0.00969. The lowest BCUT2D eigenvalue weighted by atomic mass is 9.92. The van der Waals surface area contributed by atoms with Crippen LogP contribution in [0.25, 0.3) is 0 Å². The zero-order chi connectivity index (χ0) is 13.0. The van der Waals surface area contributed by atoms with E-state index < -0.39 is 0 Å². The fourth-order valence-corrected chi connectivity index (χ4v) is 3.35. The van der Waals surface area contributed by atoms with Crippen molar-refractivity contribution in [3.63, 3.8) is 0 Å². The van der Waals surface area contributed by atoms with Crippen molar-refractivity contribution in [3.8, 4) is 0 Å². The van der Waals surface area contributed by atoms with Crippen LogP contribution in [0.4, 0.5) is 0 Å². The van der Waals surface area contributed by atoms with E-state index in [1.165, 1.54) is 11.3 Å². The highest BCUT2D eigenvalue weighted by Crippen LogP contribution is 2.16. The Morgan fingerprint density at radius 1 is 1.67 bits per heavy atom. The number of piperidine rings is 1. The number of thiophene rings is 1. The minimum atomic E-state index is -0.00969. The second kappa shape index (κ2) is 6.34. The fraction of sp³-hybridized carbons (Fsp3) is 0.643. The van der Waals surface area contributed by atoms with Crippen molar-refractivity contribution in [2.45, 2.75) is 45.2 Å². The summed E-state index contributed by atoms with van der Waals surface area (Å²) in [5, 5.41) is 8.52. The first kappa shape index (κ1) is 13.6. The van der Waals surface area contributed by atoms with Crippen LogP contribution in [0.5, 0.6) is 0 Å². The first-order valence-corrected chi connectivity index (χ1v) is 7.61. The van der Waals surface area contributed by atoms with E-state index in [2.05, 4.69) is 42.0 Å². The molecule has 1 aliphatic rings. The maximum Gasteiger partial charge on any atom is 0.237 e. The normalized spacial score (nSPS) is 25.7. The van der Waals surface area contributed by atoms with Crippen LogP contribution < -0.4 is 10.6 Å². The van der Waals surface area contributed by atoms with Gasteiger partial charge in [0.05, 0.1) is 6.04 Å². The van der Waals surface area contributed by atoms with Gasteiger partial charge in [0, 0.05) is 17.3 Å². The lowest BCUT2D eigenvalue weighted by molar-refractivity contribution is -0.125. The van der Waals surface area contributed by atoms with Gasteiger partial charge in [0.2, 0.25) is 5.91 Å². The molecule has 1 aromatic heterocycles. The Labute approximate surface area is 113 Å². The Bertz CT molecular complexity index is 377. The molecule has 0 bridgehead atoms. The van der Waals surface area contributed by atoms with Crippen LogP contribution in [0, 0.1) is 5.92 Å². The number of carbonyl (C=O) groups excluding carboxylic acids is 1. The third-order valence-corrected chi connectivity index (χ3v) is 4.43. The number of nitrogens with one attached hydrogen (secondary N) is 2. The molecule has 0 saturated carbocycles. The summed E-state index contributed by atoms with van der Waals surface area (Å²) >= 11 is 1.75. The van der Waals surface area contributed by atoms with E-state index in [1.54, 1.807) is 11.3 Å². The SMILES string of the molecule is CC(Cc1cccs1)NC(=O)C1NCCCC1C. The van der Waals surface area contributed by atoms with Gasteiger partial charge in [-0.05, 0) is 43.7 Å². The summed E-state index contributed by atoms with van der Waals surface area (Å²) in [6.45, 7) is 5.19. The Balaban J connectivity index is 1.82. The number of hydrogen-bond donors (Lipinski definition) is 2. The number of rotatable bonds is 4. The molecule has 3 atom stereocenters. The smallest absolute Gasteiger partial charge is 0.237 e. The summed E-state index contributed by atoms with van der Waals surface area (Å²) in [6, 6.07) is 4.37. The molecule has 1 aromatic rings. The van der Waals surface area contributed by atoms with Crippen LogP contribution in [0.2, 0.25) is 0 Å². The van der Waals surface area contributed by atoms with E-state index in [-0.39, 0.29) is 18.0 Å². The van der Waals surface area contributed by atoms with E-state index in [1.807, 2.05) is 0 Å². The number of carbonyl (C=O) groups is 1. The third kappa shape index (κ3) is 3.56. The van der Waals surface area contributed by atoms with E-state index in [9.17, 15) is 4.79 Å². The Kier molecular flexibility index (Phi) is 4.78. The fourth-order valence-electron chi connectivity index (χ4n) is 2.51. The van der Waals surface area contributed by atoms with Gasteiger partial charge in [0.1, 0.15) is 0 Å². The predicted octanol–water partition coefficient (Wildman–Crippen LogP) is 2.18. The molecule has 3 unspecified atom stereocenters. The second-order valence-electron chi connectivity index (χ2n) is 5.24. The molecule has 4 heteroatoms. The maximum absolute atomic E-state index is 12.2.